The Balaban J connectivity index is 1.54. The van der Waals surface area contributed by atoms with Crippen LogP contribution in [0.5, 0.6) is 5.75 Å². The number of carbonyl (C=O) groups is 2. The van der Waals surface area contributed by atoms with Crippen molar-refractivity contribution in [1.82, 2.24) is 5.32 Å². The average Bonchev–Trinajstić information content (AvgIpc) is 3.04. The summed E-state index contributed by atoms with van der Waals surface area (Å²) in [5, 5.41) is 2.87. The van der Waals surface area contributed by atoms with Gasteiger partial charge in [-0.15, -0.1) is 0 Å². The van der Waals surface area contributed by atoms with Gasteiger partial charge in [-0.1, -0.05) is 24.3 Å². The van der Waals surface area contributed by atoms with Gasteiger partial charge < -0.3 is 15.0 Å². The van der Waals surface area contributed by atoms with Crippen LogP contribution in [0.3, 0.4) is 0 Å². The maximum absolute atomic E-state index is 13.9. The Morgan fingerprint density at radius 3 is 2.85 bits per heavy atom. The van der Waals surface area contributed by atoms with Gasteiger partial charge in [-0.05, 0) is 36.2 Å². The number of benzene rings is 2. The van der Waals surface area contributed by atoms with Crippen LogP contribution in [0.2, 0.25) is 0 Å². The van der Waals surface area contributed by atoms with Gasteiger partial charge in [0.25, 0.3) is 0 Å². The van der Waals surface area contributed by atoms with Crippen molar-refractivity contribution >= 4 is 17.5 Å². The number of rotatable bonds is 6. The Kier molecular flexibility index (Phi) is 5.51. The van der Waals surface area contributed by atoms with Crippen LogP contribution in [-0.2, 0) is 16.0 Å². The van der Waals surface area contributed by atoms with Gasteiger partial charge in [0.15, 0.2) is 0 Å². The highest BCUT2D eigenvalue weighted by Crippen LogP contribution is 2.27. The molecule has 3 rings (SSSR count). The molecule has 1 unspecified atom stereocenters. The molecule has 2 aromatic rings. The molecule has 0 spiro atoms. The molecule has 2 amide bonds. The number of halogens is 1. The van der Waals surface area contributed by atoms with Gasteiger partial charge in [-0.25, -0.2) is 4.39 Å². The van der Waals surface area contributed by atoms with Gasteiger partial charge in [0.2, 0.25) is 11.8 Å². The highest BCUT2D eigenvalue weighted by atomic mass is 19.1. The Morgan fingerprint density at radius 2 is 2.08 bits per heavy atom. The Hall–Kier alpha value is -2.89. The molecule has 1 N–H and O–H groups in total. The summed E-state index contributed by atoms with van der Waals surface area (Å²) in [6.07, 6.45) is 0.764. The Bertz CT molecular complexity index is 809. The molecule has 1 atom stereocenters. The van der Waals surface area contributed by atoms with Gasteiger partial charge in [-0.3, -0.25) is 9.59 Å². The predicted molar refractivity (Wildman–Crippen MR) is 96.6 cm³/mol. The summed E-state index contributed by atoms with van der Waals surface area (Å²) >= 11 is 0. The molecule has 0 bridgehead atoms. The van der Waals surface area contributed by atoms with Crippen LogP contribution in [0.15, 0.2) is 48.5 Å². The minimum atomic E-state index is -0.465. The van der Waals surface area contributed by atoms with E-state index < -0.39 is 11.7 Å². The van der Waals surface area contributed by atoms with Crippen molar-refractivity contribution < 1.29 is 18.7 Å². The fraction of sp³-hybridized carbons (Fsp3) is 0.300. The standard InChI is InChI=1S/C20H21FN2O3/c1-26-16-6-4-5-14(11-16)9-10-22-20(25)15-12-19(24)23(13-15)18-8-3-2-7-17(18)21/h2-8,11,15H,9-10,12-13H2,1H3,(H,22,25). The lowest BCUT2D eigenvalue weighted by molar-refractivity contribution is -0.126. The molecule has 1 heterocycles. The summed E-state index contributed by atoms with van der Waals surface area (Å²) in [6.45, 7) is 0.668. The van der Waals surface area contributed by atoms with Gasteiger partial charge in [0, 0.05) is 19.5 Å². The molecule has 0 radical (unpaired) electrons. The van der Waals surface area contributed by atoms with Crippen molar-refractivity contribution in [1.29, 1.82) is 0 Å². The van der Waals surface area contributed by atoms with E-state index in [1.165, 1.54) is 11.0 Å². The number of amides is 2. The molecule has 1 fully saturated rings. The monoisotopic (exact) mass is 356 g/mol. The van der Waals surface area contributed by atoms with Gasteiger partial charge in [0.1, 0.15) is 11.6 Å². The van der Waals surface area contributed by atoms with Crippen molar-refractivity contribution in [3.8, 4) is 5.75 Å². The second-order valence-corrected chi connectivity index (χ2v) is 6.25. The molecule has 5 nitrogen and oxygen atoms in total. The smallest absolute Gasteiger partial charge is 0.227 e. The number of hydrogen-bond donors (Lipinski definition) is 1. The molecule has 2 aromatic carbocycles. The zero-order chi connectivity index (χ0) is 18.5. The highest BCUT2D eigenvalue weighted by molar-refractivity contribution is 6.00. The lowest BCUT2D eigenvalue weighted by Crippen LogP contribution is -2.34. The van der Waals surface area contributed by atoms with Gasteiger partial charge in [0.05, 0.1) is 18.7 Å². The molecular formula is C20H21FN2O3. The van der Waals surface area contributed by atoms with Crippen molar-refractivity contribution in [2.75, 3.05) is 25.1 Å². The van der Waals surface area contributed by atoms with Crippen molar-refractivity contribution in [3.05, 3.63) is 59.9 Å². The maximum atomic E-state index is 13.9. The fourth-order valence-corrected chi connectivity index (χ4v) is 3.09. The molecule has 0 aliphatic carbocycles. The zero-order valence-corrected chi connectivity index (χ0v) is 14.6. The summed E-state index contributed by atoms with van der Waals surface area (Å²) in [7, 11) is 1.61. The lowest BCUT2D eigenvalue weighted by atomic mass is 10.1. The average molecular weight is 356 g/mol. The first-order valence-electron chi connectivity index (χ1n) is 8.54. The highest BCUT2D eigenvalue weighted by Gasteiger charge is 2.35. The van der Waals surface area contributed by atoms with Crippen LogP contribution in [0.4, 0.5) is 10.1 Å². The number of nitrogens with zero attached hydrogens (tertiary/aromatic N) is 1. The molecule has 26 heavy (non-hydrogen) atoms. The summed E-state index contributed by atoms with van der Waals surface area (Å²) in [4.78, 5) is 25.9. The van der Waals surface area contributed by atoms with E-state index in [-0.39, 0.29) is 30.5 Å². The maximum Gasteiger partial charge on any atom is 0.227 e. The third-order valence-corrected chi connectivity index (χ3v) is 4.49. The molecule has 1 aliphatic heterocycles. The second-order valence-electron chi connectivity index (χ2n) is 6.25. The number of nitrogens with one attached hydrogen (secondary N) is 1. The summed E-state index contributed by atoms with van der Waals surface area (Å²) in [5.41, 5.74) is 1.28. The normalized spacial score (nSPS) is 16.6. The quantitative estimate of drug-likeness (QED) is 0.865. The van der Waals surface area contributed by atoms with Crippen LogP contribution in [-0.4, -0.2) is 32.0 Å². The first kappa shape index (κ1) is 17.9. The fourth-order valence-electron chi connectivity index (χ4n) is 3.09. The lowest BCUT2D eigenvalue weighted by Gasteiger charge is -2.17. The number of anilines is 1. The first-order chi connectivity index (χ1) is 12.6. The third kappa shape index (κ3) is 4.02. The molecule has 0 saturated carbocycles. The molecule has 1 saturated heterocycles. The van der Waals surface area contributed by atoms with Gasteiger partial charge >= 0.3 is 0 Å². The van der Waals surface area contributed by atoms with Crippen LogP contribution in [0.1, 0.15) is 12.0 Å². The molecule has 1 aliphatic rings. The van der Waals surface area contributed by atoms with E-state index in [9.17, 15) is 14.0 Å². The minimum Gasteiger partial charge on any atom is -0.497 e. The number of hydrogen-bond acceptors (Lipinski definition) is 3. The summed E-state index contributed by atoms with van der Waals surface area (Å²) in [6, 6.07) is 13.8. The molecule has 6 heteroatoms. The largest absolute Gasteiger partial charge is 0.497 e. The van der Waals surface area contributed by atoms with E-state index in [1.807, 2.05) is 24.3 Å². The van der Waals surface area contributed by atoms with E-state index in [2.05, 4.69) is 5.32 Å². The van der Waals surface area contributed by atoms with E-state index in [1.54, 1.807) is 25.3 Å². The first-order valence-corrected chi connectivity index (χ1v) is 8.54. The van der Waals surface area contributed by atoms with Gasteiger partial charge in [-0.2, -0.15) is 0 Å². The van der Waals surface area contributed by atoms with Crippen molar-refractivity contribution in [2.24, 2.45) is 5.92 Å². The predicted octanol–water partition coefficient (Wildman–Crippen LogP) is 2.55. The Morgan fingerprint density at radius 1 is 1.27 bits per heavy atom. The van der Waals surface area contributed by atoms with Crippen LogP contribution >= 0.6 is 0 Å². The van der Waals surface area contributed by atoms with Crippen molar-refractivity contribution in [2.45, 2.75) is 12.8 Å². The zero-order valence-electron chi connectivity index (χ0n) is 14.6. The van der Waals surface area contributed by atoms with E-state index >= 15 is 0 Å². The van der Waals surface area contributed by atoms with Crippen LogP contribution in [0, 0.1) is 11.7 Å². The molecular weight excluding hydrogens is 335 g/mol. The second kappa shape index (κ2) is 7.99. The number of carbonyl (C=O) groups excluding carboxylic acids is 2. The van der Waals surface area contributed by atoms with Crippen molar-refractivity contribution in [3.63, 3.8) is 0 Å². The number of ether oxygens (including phenoxy) is 1. The third-order valence-electron chi connectivity index (χ3n) is 4.49. The number of para-hydroxylation sites is 1. The van der Waals surface area contributed by atoms with Crippen LogP contribution in [0.25, 0.3) is 0 Å². The summed E-state index contributed by atoms with van der Waals surface area (Å²) < 4.78 is 19.1. The van der Waals surface area contributed by atoms with E-state index in [0.29, 0.717) is 13.0 Å². The molecule has 136 valence electrons. The van der Waals surface area contributed by atoms with E-state index in [4.69, 9.17) is 4.74 Å². The Labute approximate surface area is 151 Å². The number of methoxy groups -OCH3 is 1. The topological polar surface area (TPSA) is 58.6 Å². The molecule has 0 aromatic heterocycles. The summed E-state index contributed by atoms with van der Waals surface area (Å²) in [5.74, 6) is -0.564. The van der Waals surface area contributed by atoms with Crippen LogP contribution < -0.4 is 15.0 Å². The van der Waals surface area contributed by atoms with E-state index in [0.717, 1.165) is 11.3 Å². The SMILES string of the molecule is COc1cccc(CCNC(=O)C2CC(=O)N(c3ccccc3F)C2)c1. The minimum absolute atomic E-state index is 0.0966.